The highest BCUT2D eigenvalue weighted by molar-refractivity contribution is 5.76. The van der Waals surface area contributed by atoms with Crippen LogP contribution in [0, 0.1) is 5.41 Å². The summed E-state index contributed by atoms with van der Waals surface area (Å²) in [6.45, 7) is 0.757. The Kier molecular flexibility index (Phi) is 2.06. The van der Waals surface area contributed by atoms with Crippen LogP contribution >= 0.6 is 0 Å². The van der Waals surface area contributed by atoms with Crippen molar-refractivity contribution in [3.63, 3.8) is 0 Å². The van der Waals surface area contributed by atoms with Gasteiger partial charge >= 0.3 is 5.97 Å². The van der Waals surface area contributed by atoms with Crippen LogP contribution in [0.15, 0.2) is 0 Å². The first kappa shape index (κ1) is 9.00. The summed E-state index contributed by atoms with van der Waals surface area (Å²) in [5.41, 5.74) is -0.392. The maximum absolute atomic E-state index is 11.1. The number of rotatable bonds is 4. The van der Waals surface area contributed by atoms with Crippen molar-refractivity contribution in [3.05, 3.63) is 0 Å². The standard InChI is InChI=1S/C10H17NO2/c1-11(8-3-4-8)7-10(9(12)13)5-2-6-10/h8H,2-7H2,1H3,(H,12,13). The molecule has 74 valence electrons. The molecular formula is C10H17NO2. The van der Waals surface area contributed by atoms with Gasteiger partial charge in [0.2, 0.25) is 0 Å². The van der Waals surface area contributed by atoms with Gasteiger partial charge in [-0.05, 0) is 32.7 Å². The Morgan fingerprint density at radius 3 is 2.46 bits per heavy atom. The van der Waals surface area contributed by atoms with Gasteiger partial charge in [0.15, 0.2) is 0 Å². The third-order valence-electron chi connectivity index (χ3n) is 3.49. The Hall–Kier alpha value is -0.570. The number of nitrogens with zero attached hydrogens (tertiary/aromatic N) is 1. The third-order valence-corrected chi connectivity index (χ3v) is 3.49. The van der Waals surface area contributed by atoms with Gasteiger partial charge in [-0.1, -0.05) is 6.42 Å². The van der Waals surface area contributed by atoms with E-state index in [2.05, 4.69) is 11.9 Å². The lowest BCUT2D eigenvalue weighted by molar-refractivity contribution is -0.156. The number of carbonyl (C=O) groups is 1. The molecule has 3 nitrogen and oxygen atoms in total. The molecule has 2 saturated carbocycles. The van der Waals surface area contributed by atoms with Crippen LogP contribution in [0.2, 0.25) is 0 Å². The molecule has 0 bridgehead atoms. The summed E-state index contributed by atoms with van der Waals surface area (Å²) in [7, 11) is 2.06. The fourth-order valence-corrected chi connectivity index (χ4v) is 2.16. The van der Waals surface area contributed by atoms with Crippen LogP contribution in [-0.2, 0) is 4.79 Å². The summed E-state index contributed by atoms with van der Waals surface area (Å²) >= 11 is 0. The average molecular weight is 183 g/mol. The van der Waals surface area contributed by atoms with Gasteiger partial charge in [0, 0.05) is 12.6 Å². The second-order valence-corrected chi connectivity index (χ2v) is 4.59. The van der Waals surface area contributed by atoms with E-state index in [4.69, 9.17) is 5.11 Å². The smallest absolute Gasteiger partial charge is 0.310 e. The molecule has 0 aromatic carbocycles. The highest BCUT2D eigenvalue weighted by Crippen LogP contribution is 2.43. The molecule has 0 aliphatic heterocycles. The molecule has 0 amide bonds. The van der Waals surface area contributed by atoms with Crippen molar-refractivity contribution in [2.75, 3.05) is 13.6 Å². The average Bonchev–Trinajstić information content (AvgIpc) is 2.76. The Balaban J connectivity index is 1.93. The van der Waals surface area contributed by atoms with Crippen LogP contribution in [0.5, 0.6) is 0 Å². The van der Waals surface area contributed by atoms with E-state index in [1.165, 1.54) is 12.8 Å². The lowest BCUT2D eigenvalue weighted by atomic mass is 9.68. The molecule has 3 heteroatoms. The summed E-state index contributed by atoms with van der Waals surface area (Å²) in [5.74, 6) is -0.591. The van der Waals surface area contributed by atoms with Gasteiger partial charge in [-0.15, -0.1) is 0 Å². The second-order valence-electron chi connectivity index (χ2n) is 4.59. The van der Waals surface area contributed by atoms with Gasteiger partial charge in [0.05, 0.1) is 5.41 Å². The summed E-state index contributed by atoms with van der Waals surface area (Å²) in [6, 6.07) is 0.678. The zero-order chi connectivity index (χ0) is 9.47. The minimum Gasteiger partial charge on any atom is -0.481 e. The fraction of sp³-hybridized carbons (Fsp3) is 0.900. The summed E-state index contributed by atoms with van der Waals surface area (Å²) in [4.78, 5) is 13.3. The van der Waals surface area contributed by atoms with E-state index < -0.39 is 11.4 Å². The van der Waals surface area contributed by atoms with E-state index in [1.807, 2.05) is 0 Å². The molecule has 2 aliphatic carbocycles. The molecular weight excluding hydrogens is 166 g/mol. The van der Waals surface area contributed by atoms with E-state index in [1.54, 1.807) is 0 Å². The summed E-state index contributed by atoms with van der Waals surface area (Å²) < 4.78 is 0. The van der Waals surface area contributed by atoms with Crippen molar-refractivity contribution in [2.24, 2.45) is 5.41 Å². The van der Waals surface area contributed by atoms with Crippen LogP contribution in [-0.4, -0.2) is 35.6 Å². The van der Waals surface area contributed by atoms with Crippen LogP contribution in [0.25, 0.3) is 0 Å². The first-order valence-electron chi connectivity index (χ1n) is 5.08. The minimum atomic E-state index is -0.591. The van der Waals surface area contributed by atoms with E-state index in [9.17, 15) is 4.79 Å². The zero-order valence-electron chi connectivity index (χ0n) is 8.12. The van der Waals surface area contributed by atoms with Gasteiger partial charge in [0.1, 0.15) is 0 Å². The third kappa shape index (κ3) is 1.57. The van der Waals surface area contributed by atoms with Crippen molar-refractivity contribution < 1.29 is 9.90 Å². The van der Waals surface area contributed by atoms with Gasteiger partial charge in [-0.2, -0.15) is 0 Å². The first-order valence-corrected chi connectivity index (χ1v) is 5.08. The quantitative estimate of drug-likeness (QED) is 0.715. The van der Waals surface area contributed by atoms with Crippen LogP contribution in [0.1, 0.15) is 32.1 Å². The van der Waals surface area contributed by atoms with Crippen LogP contribution in [0.3, 0.4) is 0 Å². The highest BCUT2D eigenvalue weighted by atomic mass is 16.4. The van der Waals surface area contributed by atoms with Crippen molar-refractivity contribution in [1.29, 1.82) is 0 Å². The molecule has 0 spiro atoms. The number of carboxylic acid groups (broad SMARTS) is 1. The van der Waals surface area contributed by atoms with Gasteiger partial charge in [0.25, 0.3) is 0 Å². The topological polar surface area (TPSA) is 40.5 Å². The molecule has 0 heterocycles. The lowest BCUT2D eigenvalue weighted by Gasteiger charge is -2.40. The molecule has 0 radical (unpaired) electrons. The Bertz CT molecular complexity index is 219. The normalized spacial score (nSPS) is 25.7. The van der Waals surface area contributed by atoms with E-state index in [0.717, 1.165) is 25.8 Å². The van der Waals surface area contributed by atoms with Crippen LogP contribution in [0.4, 0.5) is 0 Å². The first-order chi connectivity index (χ1) is 6.14. The van der Waals surface area contributed by atoms with Crippen molar-refractivity contribution in [2.45, 2.75) is 38.1 Å². The van der Waals surface area contributed by atoms with E-state index >= 15 is 0 Å². The van der Waals surface area contributed by atoms with Gasteiger partial charge < -0.3 is 10.0 Å². The molecule has 2 fully saturated rings. The molecule has 0 atom stereocenters. The van der Waals surface area contributed by atoms with Crippen molar-refractivity contribution in [3.8, 4) is 0 Å². The Morgan fingerprint density at radius 1 is 1.54 bits per heavy atom. The van der Waals surface area contributed by atoms with Crippen LogP contribution < -0.4 is 0 Å². The zero-order valence-corrected chi connectivity index (χ0v) is 8.12. The Morgan fingerprint density at radius 2 is 2.15 bits per heavy atom. The maximum atomic E-state index is 11.1. The van der Waals surface area contributed by atoms with Crippen molar-refractivity contribution in [1.82, 2.24) is 4.90 Å². The number of carboxylic acids is 1. The second kappa shape index (κ2) is 2.98. The van der Waals surface area contributed by atoms with E-state index in [-0.39, 0.29) is 0 Å². The fourth-order valence-electron chi connectivity index (χ4n) is 2.16. The Labute approximate surface area is 78.7 Å². The van der Waals surface area contributed by atoms with Crippen molar-refractivity contribution >= 4 is 5.97 Å². The maximum Gasteiger partial charge on any atom is 0.310 e. The van der Waals surface area contributed by atoms with E-state index in [0.29, 0.717) is 6.04 Å². The largest absolute Gasteiger partial charge is 0.481 e. The van der Waals surface area contributed by atoms with Gasteiger partial charge in [-0.3, -0.25) is 4.79 Å². The summed E-state index contributed by atoms with van der Waals surface area (Å²) in [6.07, 6.45) is 5.35. The molecule has 13 heavy (non-hydrogen) atoms. The highest BCUT2D eigenvalue weighted by Gasteiger charge is 2.46. The molecule has 0 aromatic rings. The predicted molar refractivity (Wildman–Crippen MR) is 49.6 cm³/mol. The number of aliphatic carboxylic acids is 1. The molecule has 0 aromatic heterocycles. The number of hydrogen-bond donors (Lipinski definition) is 1. The lowest BCUT2D eigenvalue weighted by Crippen LogP contribution is -2.47. The molecule has 2 rings (SSSR count). The van der Waals surface area contributed by atoms with Gasteiger partial charge in [-0.25, -0.2) is 0 Å². The summed E-state index contributed by atoms with van der Waals surface area (Å²) in [5, 5.41) is 9.11. The predicted octanol–water partition coefficient (Wildman–Crippen LogP) is 1.34. The molecule has 0 unspecified atom stereocenters. The minimum absolute atomic E-state index is 0.392. The SMILES string of the molecule is CN(CC1(C(=O)O)CCC1)C1CC1. The molecule has 2 aliphatic rings. The molecule has 1 N–H and O–H groups in total. The molecule has 0 saturated heterocycles. The number of hydrogen-bond acceptors (Lipinski definition) is 2. The monoisotopic (exact) mass is 183 g/mol.